The van der Waals surface area contributed by atoms with Crippen molar-refractivity contribution in [2.45, 2.75) is 32.4 Å². The SMILES string of the molecule is CC(C)C(C)(O)CNC(=O)NCC(c1cnn(C)c1)N(C)C. The van der Waals surface area contributed by atoms with Gasteiger partial charge in [-0.3, -0.25) is 4.68 Å². The first-order chi connectivity index (χ1) is 10.1. The Morgan fingerprint density at radius 1 is 1.45 bits per heavy atom. The molecular weight excluding hydrogens is 282 g/mol. The number of rotatable bonds is 7. The van der Waals surface area contributed by atoms with E-state index in [0.29, 0.717) is 6.54 Å². The average Bonchev–Trinajstić information content (AvgIpc) is 2.82. The highest BCUT2D eigenvalue weighted by Crippen LogP contribution is 2.16. The summed E-state index contributed by atoms with van der Waals surface area (Å²) in [5.41, 5.74) is 0.128. The molecule has 1 rings (SSSR count). The molecule has 0 saturated carbocycles. The number of hydrogen-bond donors (Lipinski definition) is 3. The Morgan fingerprint density at radius 3 is 2.55 bits per heavy atom. The van der Waals surface area contributed by atoms with Gasteiger partial charge in [-0.05, 0) is 26.9 Å². The van der Waals surface area contributed by atoms with E-state index < -0.39 is 5.60 Å². The maximum absolute atomic E-state index is 11.9. The van der Waals surface area contributed by atoms with Crippen molar-refractivity contribution in [3.63, 3.8) is 0 Å². The van der Waals surface area contributed by atoms with Crippen LogP contribution in [0.2, 0.25) is 0 Å². The van der Waals surface area contributed by atoms with Gasteiger partial charge in [-0.2, -0.15) is 5.10 Å². The third-order valence-corrected chi connectivity index (χ3v) is 4.04. The van der Waals surface area contributed by atoms with E-state index in [9.17, 15) is 9.90 Å². The van der Waals surface area contributed by atoms with Gasteiger partial charge in [0.2, 0.25) is 0 Å². The summed E-state index contributed by atoms with van der Waals surface area (Å²) in [6.45, 7) is 6.24. The van der Waals surface area contributed by atoms with E-state index >= 15 is 0 Å². The fourth-order valence-electron chi connectivity index (χ4n) is 1.93. The van der Waals surface area contributed by atoms with Crippen molar-refractivity contribution in [1.29, 1.82) is 0 Å². The number of nitrogens with zero attached hydrogens (tertiary/aromatic N) is 3. The summed E-state index contributed by atoms with van der Waals surface area (Å²) in [4.78, 5) is 13.9. The lowest BCUT2D eigenvalue weighted by Gasteiger charge is -2.28. The van der Waals surface area contributed by atoms with Crippen LogP contribution in [0.3, 0.4) is 0 Å². The maximum atomic E-state index is 11.9. The van der Waals surface area contributed by atoms with E-state index in [1.807, 2.05) is 46.1 Å². The molecule has 0 saturated heterocycles. The average molecular weight is 311 g/mol. The number of carbonyl (C=O) groups is 1. The van der Waals surface area contributed by atoms with Gasteiger partial charge in [0.1, 0.15) is 0 Å². The maximum Gasteiger partial charge on any atom is 0.314 e. The molecule has 7 nitrogen and oxygen atoms in total. The van der Waals surface area contributed by atoms with Gasteiger partial charge in [0.15, 0.2) is 0 Å². The summed E-state index contributed by atoms with van der Waals surface area (Å²) in [5.74, 6) is 0.0673. The zero-order valence-electron chi connectivity index (χ0n) is 14.4. The molecule has 1 heterocycles. The van der Waals surface area contributed by atoms with Gasteiger partial charge in [-0.25, -0.2) is 4.79 Å². The van der Waals surface area contributed by atoms with E-state index in [4.69, 9.17) is 0 Å². The predicted octanol–water partition coefficient (Wildman–Crippen LogP) is 0.729. The number of carbonyl (C=O) groups excluding carboxylic acids is 1. The lowest BCUT2D eigenvalue weighted by atomic mass is 9.93. The van der Waals surface area contributed by atoms with Crippen molar-refractivity contribution in [1.82, 2.24) is 25.3 Å². The Bertz CT molecular complexity index is 482. The molecule has 0 radical (unpaired) electrons. The van der Waals surface area contributed by atoms with Gasteiger partial charge >= 0.3 is 6.03 Å². The molecule has 3 N–H and O–H groups in total. The first kappa shape index (κ1) is 18.4. The second kappa shape index (κ2) is 7.60. The second-order valence-corrected chi connectivity index (χ2v) is 6.50. The standard InChI is InChI=1S/C15H29N5O2/c1-11(2)15(3,22)10-17-14(21)16-8-13(19(4)5)12-7-18-20(6)9-12/h7,9,11,13,22H,8,10H2,1-6H3,(H2,16,17,21). The van der Waals surface area contributed by atoms with Crippen molar-refractivity contribution in [3.05, 3.63) is 18.0 Å². The van der Waals surface area contributed by atoms with Crippen molar-refractivity contribution in [2.75, 3.05) is 27.2 Å². The monoisotopic (exact) mass is 311 g/mol. The van der Waals surface area contributed by atoms with Gasteiger partial charge in [0, 0.05) is 31.9 Å². The van der Waals surface area contributed by atoms with Crippen LogP contribution in [0.4, 0.5) is 4.79 Å². The summed E-state index contributed by atoms with van der Waals surface area (Å²) in [6, 6.07) is -0.235. The summed E-state index contributed by atoms with van der Waals surface area (Å²) >= 11 is 0. The van der Waals surface area contributed by atoms with E-state index in [1.165, 1.54) is 0 Å². The van der Waals surface area contributed by atoms with Crippen LogP contribution in [0.15, 0.2) is 12.4 Å². The summed E-state index contributed by atoms with van der Waals surface area (Å²) < 4.78 is 1.74. The summed E-state index contributed by atoms with van der Waals surface area (Å²) in [5, 5.41) is 19.8. The minimum Gasteiger partial charge on any atom is -0.388 e. The van der Waals surface area contributed by atoms with Crippen molar-refractivity contribution in [3.8, 4) is 0 Å². The molecule has 7 heteroatoms. The van der Waals surface area contributed by atoms with Crippen molar-refractivity contribution >= 4 is 6.03 Å². The number of urea groups is 1. The molecule has 1 aromatic rings. The number of aromatic nitrogens is 2. The van der Waals surface area contributed by atoms with Crippen LogP contribution in [-0.2, 0) is 7.05 Å². The minimum absolute atomic E-state index is 0.0464. The van der Waals surface area contributed by atoms with Crippen molar-refractivity contribution in [2.24, 2.45) is 13.0 Å². The number of aryl methyl sites for hydroxylation is 1. The molecule has 0 bridgehead atoms. The lowest BCUT2D eigenvalue weighted by Crippen LogP contribution is -2.48. The van der Waals surface area contributed by atoms with Gasteiger partial charge < -0.3 is 20.6 Å². The predicted molar refractivity (Wildman–Crippen MR) is 86.5 cm³/mol. The van der Waals surface area contributed by atoms with E-state index in [2.05, 4.69) is 15.7 Å². The Balaban J connectivity index is 2.50. The van der Waals surface area contributed by atoms with Gasteiger partial charge in [-0.1, -0.05) is 13.8 Å². The Kier molecular flexibility index (Phi) is 6.37. The fourth-order valence-corrected chi connectivity index (χ4v) is 1.93. The number of hydrogen-bond acceptors (Lipinski definition) is 4. The van der Waals surface area contributed by atoms with Crippen LogP contribution in [-0.4, -0.2) is 58.6 Å². The molecular formula is C15H29N5O2. The third kappa shape index (κ3) is 5.31. The minimum atomic E-state index is -0.915. The first-order valence-electron chi connectivity index (χ1n) is 7.52. The molecule has 126 valence electrons. The molecule has 0 aliphatic carbocycles. The fraction of sp³-hybridized carbons (Fsp3) is 0.733. The zero-order chi connectivity index (χ0) is 16.9. The Morgan fingerprint density at radius 2 is 2.09 bits per heavy atom. The highest BCUT2D eigenvalue weighted by Gasteiger charge is 2.25. The molecule has 0 aliphatic rings. The van der Waals surface area contributed by atoms with Crippen LogP contribution < -0.4 is 10.6 Å². The number of nitrogens with one attached hydrogen (secondary N) is 2. The summed E-state index contributed by atoms with van der Waals surface area (Å²) in [7, 11) is 5.78. The second-order valence-electron chi connectivity index (χ2n) is 6.50. The molecule has 0 spiro atoms. The van der Waals surface area contributed by atoms with Crippen LogP contribution >= 0.6 is 0 Å². The molecule has 2 amide bonds. The Labute approximate surface area is 132 Å². The zero-order valence-corrected chi connectivity index (χ0v) is 14.4. The molecule has 0 aliphatic heterocycles. The van der Waals surface area contributed by atoms with Gasteiger partial charge in [-0.15, -0.1) is 0 Å². The molecule has 2 atom stereocenters. The molecule has 0 fully saturated rings. The molecule has 22 heavy (non-hydrogen) atoms. The van der Waals surface area contributed by atoms with E-state index in [0.717, 1.165) is 5.56 Å². The van der Waals surface area contributed by atoms with Crippen molar-refractivity contribution < 1.29 is 9.90 Å². The number of amides is 2. The number of aliphatic hydroxyl groups is 1. The normalized spacial score (nSPS) is 15.7. The van der Waals surface area contributed by atoms with Gasteiger partial charge in [0.05, 0.1) is 17.8 Å². The lowest BCUT2D eigenvalue weighted by molar-refractivity contribution is 0.0166. The smallest absolute Gasteiger partial charge is 0.314 e. The van der Waals surface area contributed by atoms with Crippen LogP contribution in [0.1, 0.15) is 32.4 Å². The third-order valence-electron chi connectivity index (χ3n) is 4.04. The van der Waals surface area contributed by atoms with Crippen LogP contribution in [0.25, 0.3) is 0 Å². The number of likely N-dealkylation sites (N-methyl/N-ethyl adjacent to an activating group) is 1. The molecule has 1 aromatic heterocycles. The highest BCUT2D eigenvalue weighted by atomic mass is 16.3. The quantitative estimate of drug-likeness (QED) is 0.693. The topological polar surface area (TPSA) is 82.4 Å². The molecule has 0 aromatic carbocycles. The highest BCUT2D eigenvalue weighted by molar-refractivity contribution is 5.73. The molecule has 2 unspecified atom stereocenters. The van der Waals surface area contributed by atoms with E-state index in [-0.39, 0.29) is 24.5 Å². The largest absolute Gasteiger partial charge is 0.388 e. The van der Waals surface area contributed by atoms with Gasteiger partial charge in [0.25, 0.3) is 0 Å². The van der Waals surface area contributed by atoms with Crippen LogP contribution in [0, 0.1) is 5.92 Å². The van der Waals surface area contributed by atoms with E-state index in [1.54, 1.807) is 17.8 Å². The first-order valence-corrected chi connectivity index (χ1v) is 7.52. The summed E-state index contributed by atoms with van der Waals surface area (Å²) in [6.07, 6.45) is 3.74. The van der Waals surface area contributed by atoms with Crippen LogP contribution in [0.5, 0.6) is 0 Å². The Hall–Kier alpha value is -1.60.